The predicted molar refractivity (Wildman–Crippen MR) is 107 cm³/mol. The second-order valence-electron chi connectivity index (χ2n) is 7.07. The molecule has 1 fully saturated rings. The van der Waals surface area contributed by atoms with E-state index >= 15 is 0 Å². The summed E-state index contributed by atoms with van der Waals surface area (Å²) in [7, 11) is 0. The maximum Gasteiger partial charge on any atom is 0.338 e. The van der Waals surface area contributed by atoms with Gasteiger partial charge in [0.2, 0.25) is 0 Å². The summed E-state index contributed by atoms with van der Waals surface area (Å²) < 4.78 is 22.4. The number of rotatable bonds is 7. The summed E-state index contributed by atoms with van der Waals surface area (Å²) in [5, 5.41) is 0. The lowest BCUT2D eigenvalue weighted by atomic mass is 10.1. The van der Waals surface area contributed by atoms with Gasteiger partial charge in [0.25, 0.3) is 0 Å². The third kappa shape index (κ3) is 5.65. The summed E-state index contributed by atoms with van der Waals surface area (Å²) in [6.07, 6.45) is -1.27. The van der Waals surface area contributed by atoms with E-state index in [0.717, 1.165) is 11.1 Å². The molecule has 6 heteroatoms. The second-order valence-corrected chi connectivity index (χ2v) is 7.07. The summed E-state index contributed by atoms with van der Waals surface area (Å²) in [5.74, 6) is -0.886. The molecule has 2 aromatic rings. The average Bonchev–Trinajstić information content (AvgIpc) is 3.08. The zero-order valence-electron chi connectivity index (χ0n) is 16.9. The van der Waals surface area contributed by atoms with Crippen LogP contribution in [0.3, 0.4) is 0 Å². The zero-order valence-corrected chi connectivity index (χ0v) is 16.9. The van der Waals surface area contributed by atoms with Crippen molar-refractivity contribution < 1.29 is 28.5 Å². The molecule has 1 aliphatic heterocycles. The highest BCUT2D eigenvalue weighted by Gasteiger charge is 2.39. The minimum Gasteiger partial charge on any atom is -0.459 e. The minimum atomic E-state index is -0.588. The summed E-state index contributed by atoms with van der Waals surface area (Å²) >= 11 is 0. The van der Waals surface area contributed by atoms with Crippen molar-refractivity contribution in [1.29, 1.82) is 0 Å². The van der Waals surface area contributed by atoms with Gasteiger partial charge in [-0.3, -0.25) is 0 Å². The van der Waals surface area contributed by atoms with Crippen molar-refractivity contribution in [1.82, 2.24) is 0 Å². The standard InChI is InChI=1S/C23H26O6/c1-4-26-21-13-19(29-23(25)18-11-7-16(3)8-12-18)20(28-21)14-27-22(24)17-9-5-15(2)6-10-17/h5-12,19-21H,4,13-14H2,1-3H3/t19-,20+,21+/m0/s1. The van der Waals surface area contributed by atoms with E-state index in [4.69, 9.17) is 18.9 Å². The van der Waals surface area contributed by atoms with Crippen LogP contribution in [0, 0.1) is 13.8 Å². The number of ether oxygens (including phenoxy) is 4. The van der Waals surface area contributed by atoms with Crippen molar-refractivity contribution in [2.45, 2.75) is 45.7 Å². The van der Waals surface area contributed by atoms with Crippen molar-refractivity contribution in [2.75, 3.05) is 13.2 Å². The van der Waals surface area contributed by atoms with Gasteiger partial charge in [-0.25, -0.2) is 9.59 Å². The van der Waals surface area contributed by atoms with Crippen LogP contribution in [0.25, 0.3) is 0 Å². The van der Waals surface area contributed by atoms with Crippen LogP contribution in [-0.4, -0.2) is 43.7 Å². The lowest BCUT2D eigenvalue weighted by Crippen LogP contribution is -2.32. The quantitative estimate of drug-likeness (QED) is 0.660. The first-order valence-corrected chi connectivity index (χ1v) is 9.74. The fraction of sp³-hybridized carbons (Fsp3) is 0.391. The lowest BCUT2D eigenvalue weighted by molar-refractivity contribution is -0.141. The number of hydrogen-bond donors (Lipinski definition) is 0. The first-order chi connectivity index (χ1) is 14.0. The van der Waals surface area contributed by atoms with E-state index in [-0.39, 0.29) is 6.61 Å². The Bertz CT molecular complexity index is 827. The van der Waals surface area contributed by atoms with Gasteiger partial charge in [-0.15, -0.1) is 0 Å². The molecule has 0 spiro atoms. The third-order valence-electron chi connectivity index (χ3n) is 4.73. The highest BCUT2D eigenvalue weighted by molar-refractivity contribution is 5.90. The Morgan fingerprint density at radius 3 is 2.03 bits per heavy atom. The molecule has 2 aromatic carbocycles. The topological polar surface area (TPSA) is 71.1 Å². The molecule has 0 radical (unpaired) electrons. The molecule has 0 N–H and O–H groups in total. The van der Waals surface area contributed by atoms with E-state index in [9.17, 15) is 9.59 Å². The molecule has 1 saturated heterocycles. The van der Waals surface area contributed by atoms with Gasteiger partial charge in [0.15, 0.2) is 6.29 Å². The van der Waals surface area contributed by atoms with Crippen LogP contribution >= 0.6 is 0 Å². The van der Waals surface area contributed by atoms with Gasteiger partial charge in [0.05, 0.1) is 11.1 Å². The molecule has 0 unspecified atom stereocenters. The monoisotopic (exact) mass is 398 g/mol. The maximum atomic E-state index is 12.5. The molecule has 0 saturated carbocycles. The minimum absolute atomic E-state index is 0.0257. The molecule has 0 aliphatic carbocycles. The molecule has 0 bridgehead atoms. The van der Waals surface area contributed by atoms with Gasteiger partial charge in [-0.05, 0) is 45.0 Å². The molecular weight excluding hydrogens is 372 g/mol. The SMILES string of the molecule is CCO[C@H]1C[C@H](OC(=O)c2ccc(C)cc2)[C@@H](COC(=O)c2ccc(C)cc2)O1. The van der Waals surface area contributed by atoms with E-state index in [0.29, 0.717) is 24.2 Å². The van der Waals surface area contributed by atoms with E-state index in [1.54, 1.807) is 24.3 Å². The molecule has 1 aliphatic rings. The van der Waals surface area contributed by atoms with Crippen LogP contribution in [-0.2, 0) is 18.9 Å². The van der Waals surface area contributed by atoms with Crippen molar-refractivity contribution in [2.24, 2.45) is 0 Å². The normalized spacial score (nSPS) is 21.0. The van der Waals surface area contributed by atoms with Gasteiger partial charge in [-0.1, -0.05) is 35.4 Å². The second kappa shape index (κ2) is 9.67. The number of benzene rings is 2. The van der Waals surface area contributed by atoms with Gasteiger partial charge < -0.3 is 18.9 Å². The lowest BCUT2D eigenvalue weighted by Gasteiger charge is -2.19. The smallest absolute Gasteiger partial charge is 0.338 e. The molecule has 154 valence electrons. The van der Waals surface area contributed by atoms with Gasteiger partial charge in [0.1, 0.15) is 18.8 Å². The largest absolute Gasteiger partial charge is 0.459 e. The van der Waals surface area contributed by atoms with Gasteiger partial charge in [0, 0.05) is 13.0 Å². The predicted octanol–water partition coefficient (Wildman–Crippen LogP) is 3.84. The Hall–Kier alpha value is -2.70. The molecule has 1 heterocycles. The van der Waals surface area contributed by atoms with Crippen LogP contribution in [0.1, 0.15) is 45.2 Å². The highest BCUT2D eigenvalue weighted by Crippen LogP contribution is 2.26. The fourth-order valence-electron chi connectivity index (χ4n) is 3.07. The van der Waals surface area contributed by atoms with E-state index in [1.807, 2.05) is 45.0 Å². The summed E-state index contributed by atoms with van der Waals surface area (Å²) in [6.45, 7) is 6.20. The number of esters is 2. The Labute approximate surface area is 170 Å². The van der Waals surface area contributed by atoms with E-state index in [1.165, 1.54) is 0 Å². The molecule has 0 aromatic heterocycles. The first-order valence-electron chi connectivity index (χ1n) is 9.74. The Kier molecular flexibility index (Phi) is 7.01. The van der Waals surface area contributed by atoms with Gasteiger partial charge >= 0.3 is 11.9 Å². The van der Waals surface area contributed by atoms with Crippen molar-refractivity contribution >= 4 is 11.9 Å². The summed E-state index contributed by atoms with van der Waals surface area (Å²) in [4.78, 5) is 24.8. The fourth-order valence-corrected chi connectivity index (χ4v) is 3.07. The van der Waals surface area contributed by atoms with E-state index in [2.05, 4.69) is 0 Å². The Morgan fingerprint density at radius 1 is 0.931 bits per heavy atom. The Morgan fingerprint density at radius 2 is 1.48 bits per heavy atom. The van der Waals surface area contributed by atoms with Crippen LogP contribution < -0.4 is 0 Å². The number of aryl methyl sites for hydroxylation is 2. The van der Waals surface area contributed by atoms with Crippen LogP contribution in [0.15, 0.2) is 48.5 Å². The molecular formula is C23H26O6. The first kappa shape index (κ1) is 21.0. The number of carbonyl (C=O) groups excluding carboxylic acids is 2. The van der Waals surface area contributed by atoms with Crippen LogP contribution in [0.5, 0.6) is 0 Å². The molecule has 29 heavy (non-hydrogen) atoms. The van der Waals surface area contributed by atoms with Crippen molar-refractivity contribution in [3.63, 3.8) is 0 Å². The molecule has 3 rings (SSSR count). The Balaban J connectivity index is 1.62. The van der Waals surface area contributed by atoms with Crippen LogP contribution in [0.2, 0.25) is 0 Å². The number of hydrogen-bond acceptors (Lipinski definition) is 6. The molecule has 6 nitrogen and oxygen atoms in total. The van der Waals surface area contributed by atoms with Crippen LogP contribution in [0.4, 0.5) is 0 Å². The zero-order chi connectivity index (χ0) is 20.8. The number of carbonyl (C=O) groups is 2. The molecule has 0 amide bonds. The summed E-state index contributed by atoms with van der Waals surface area (Å²) in [6, 6.07) is 14.3. The van der Waals surface area contributed by atoms with Gasteiger partial charge in [-0.2, -0.15) is 0 Å². The average molecular weight is 398 g/mol. The van der Waals surface area contributed by atoms with Crippen molar-refractivity contribution in [3.8, 4) is 0 Å². The summed E-state index contributed by atoms with van der Waals surface area (Å²) in [5.41, 5.74) is 3.04. The highest BCUT2D eigenvalue weighted by atomic mass is 16.7. The molecule has 3 atom stereocenters. The van der Waals surface area contributed by atoms with Crippen molar-refractivity contribution in [3.05, 3.63) is 70.8 Å². The third-order valence-corrected chi connectivity index (χ3v) is 4.73. The van der Waals surface area contributed by atoms with E-state index < -0.39 is 30.4 Å². The maximum absolute atomic E-state index is 12.5.